The molecule has 0 radical (unpaired) electrons. The van der Waals surface area contributed by atoms with Crippen molar-refractivity contribution in [2.24, 2.45) is 0 Å². The van der Waals surface area contributed by atoms with Gasteiger partial charge in [-0.1, -0.05) is 23.7 Å². The van der Waals surface area contributed by atoms with Gasteiger partial charge in [-0.25, -0.2) is 12.8 Å². The largest absolute Gasteiger partial charge is 0.334 e. The summed E-state index contributed by atoms with van der Waals surface area (Å²) in [6.45, 7) is 2.65. The van der Waals surface area contributed by atoms with E-state index in [0.717, 1.165) is 17.0 Å². The second kappa shape index (κ2) is 8.94. The maximum absolute atomic E-state index is 13.1. The van der Waals surface area contributed by atoms with E-state index in [0.29, 0.717) is 17.4 Å². The molecule has 2 aromatic carbocycles. The molecule has 1 amide bonds. The highest BCUT2D eigenvalue weighted by Gasteiger charge is 2.22. The Balaban J connectivity index is 1.87. The van der Waals surface area contributed by atoms with E-state index in [1.807, 2.05) is 13.0 Å². The first kappa shape index (κ1) is 21.3. The first-order chi connectivity index (χ1) is 13.8. The van der Waals surface area contributed by atoms with Crippen LogP contribution >= 0.6 is 22.9 Å². The molecule has 0 aliphatic rings. The smallest absolute Gasteiger partial charge is 0.261 e. The third-order valence-corrected chi connectivity index (χ3v) is 6.77. The van der Waals surface area contributed by atoms with Crippen LogP contribution in [0.1, 0.15) is 22.2 Å². The molecule has 1 aromatic heterocycles. The van der Waals surface area contributed by atoms with Gasteiger partial charge in [0.2, 0.25) is 0 Å². The number of para-hydroxylation sites is 1. The van der Waals surface area contributed by atoms with Crippen LogP contribution in [0.4, 0.5) is 10.1 Å². The maximum Gasteiger partial charge on any atom is 0.261 e. The summed E-state index contributed by atoms with van der Waals surface area (Å²) in [5.41, 5.74) is 0.382. The molecule has 0 saturated heterocycles. The lowest BCUT2D eigenvalue weighted by Crippen LogP contribution is -2.31. The molecule has 0 bridgehead atoms. The summed E-state index contributed by atoms with van der Waals surface area (Å²) in [4.78, 5) is 15.5. The van der Waals surface area contributed by atoms with Crippen molar-refractivity contribution in [3.63, 3.8) is 0 Å². The van der Waals surface area contributed by atoms with Crippen molar-refractivity contribution in [1.29, 1.82) is 0 Å². The first-order valence-corrected chi connectivity index (χ1v) is 11.4. The van der Waals surface area contributed by atoms with Crippen molar-refractivity contribution in [2.75, 3.05) is 11.3 Å². The zero-order valence-electron chi connectivity index (χ0n) is 15.4. The molecule has 0 atom stereocenters. The molecule has 152 valence electrons. The Morgan fingerprint density at radius 2 is 1.79 bits per heavy atom. The Morgan fingerprint density at radius 1 is 1.10 bits per heavy atom. The fourth-order valence-corrected chi connectivity index (χ4v) is 4.88. The second-order valence-corrected chi connectivity index (χ2v) is 9.61. The summed E-state index contributed by atoms with van der Waals surface area (Å²) in [5.74, 6) is -0.846. The molecule has 29 heavy (non-hydrogen) atoms. The summed E-state index contributed by atoms with van der Waals surface area (Å²) in [6, 6.07) is 14.5. The van der Waals surface area contributed by atoms with Crippen molar-refractivity contribution >= 4 is 44.6 Å². The number of anilines is 1. The Morgan fingerprint density at radius 3 is 2.41 bits per heavy atom. The van der Waals surface area contributed by atoms with E-state index in [1.165, 1.54) is 29.5 Å². The first-order valence-electron chi connectivity index (χ1n) is 8.71. The minimum absolute atomic E-state index is 0.0956. The highest BCUT2D eigenvalue weighted by atomic mass is 35.5. The number of rotatable bonds is 7. The quantitative estimate of drug-likeness (QED) is 0.548. The van der Waals surface area contributed by atoms with Crippen LogP contribution in [0.5, 0.6) is 0 Å². The number of amides is 1. The number of thiophene rings is 1. The van der Waals surface area contributed by atoms with Gasteiger partial charge in [0.1, 0.15) is 5.82 Å². The van der Waals surface area contributed by atoms with Crippen LogP contribution in [0.2, 0.25) is 4.34 Å². The maximum atomic E-state index is 13.1. The topological polar surface area (TPSA) is 66.5 Å². The van der Waals surface area contributed by atoms with Crippen LogP contribution in [0.3, 0.4) is 0 Å². The summed E-state index contributed by atoms with van der Waals surface area (Å²) in [7, 11) is -3.98. The van der Waals surface area contributed by atoms with Gasteiger partial charge in [0.25, 0.3) is 15.9 Å². The minimum Gasteiger partial charge on any atom is -0.334 e. The minimum atomic E-state index is -3.98. The lowest BCUT2D eigenvalue weighted by atomic mass is 10.1. The summed E-state index contributed by atoms with van der Waals surface area (Å²) in [5, 5.41) is 0. The number of sulfonamides is 1. The van der Waals surface area contributed by atoms with Crippen molar-refractivity contribution in [1.82, 2.24) is 4.90 Å². The number of carbonyl (C=O) groups is 1. The molecule has 3 aromatic rings. The molecule has 3 rings (SSSR count). The zero-order valence-corrected chi connectivity index (χ0v) is 17.8. The lowest BCUT2D eigenvalue weighted by molar-refractivity contribution is 0.0755. The summed E-state index contributed by atoms with van der Waals surface area (Å²) in [6.07, 6.45) is 0. The Bertz CT molecular complexity index is 1110. The molecular weight excluding hydrogens is 435 g/mol. The van der Waals surface area contributed by atoms with Crippen LogP contribution in [-0.2, 0) is 16.6 Å². The average Bonchev–Trinajstić information content (AvgIpc) is 3.11. The monoisotopic (exact) mass is 452 g/mol. The Kier molecular flexibility index (Phi) is 6.56. The summed E-state index contributed by atoms with van der Waals surface area (Å²) < 4.78 is 41.5. The van der Waals surface area contributed by atoms with E-state index in [-0.39, 0.29) is 22.1 Å². The number of carbonyl (C=O) groups excluding carboxylic acids is 1. The van der Waals surface area contributed by atoms with E-state index < -0.39 is 15.8 Å². The van der Waals surface area contributed by atoms with Gasteiger partial charge in [-0.3, -0.25) is 9.52 Å². The number of hydrogen-bond donors (Lipinski definition) is 1. The van der Waals surface area contributed by atoms with Gasteiger partial charge in [-0.05, 0) is 55.5 Å². The van der Waals surface area contributed by atoms with Crippen LogP contribution in [0.25, 0.3) is 0 Å². The highest BCUT2D eigenvalue weighted by molar-refractivity contribution is 7.92. The number of nitrogens with zero attached hydrogens (tertiary/aromatic N) is 1. The fourth-order valence-electron chi connectivity index (χ4n) is 2.70. The lowest BCUT2D eigenvalue weighted by Gasteiger charge is -2.22. The molecule has 1 heterocycles. The van der Waals surface area contributed by atoms with Crippen LogP contribution in [0.15, 0.2) is 65.6 Å². The van der Waals surface area contributed by atoms with Gasteiger partial charge in [0.05, 0.1) is 27.0 Å². The molecule has 0 aliphatic heterocycles. The molecule has 0 saturated carbocycles. The van der Waals surface area contributed by atoms with E-state index in [9.17, 15) is 17.6 Å². The van der Waals surface area contributed by atoms with Gasteiger partial charge < -0.3 is 4.90 Å². The zero-order chi connectivity index (χ0) is 21.0. The standard InChI is InChI=1S/C20H18ClFN2O3S2/c1-2-24(13-15-9-12-19(21)28-15)20(25)17-5-3-4-6-18(17)23-29(26,27)16-10-7-14(22)8-11-16/h3-12,23H,2,13H2,1H3. The number of benzene rings is 2. The van der Waals surface area contributed by atoms with Gasteiger partial charge >= 0.3 is 0 Å². The van der Waals surface area contributed by atoms with Crippen LogP contribution in [0, 0.1) is 5.82 Å². The van der Waals surface area contributed by atoms with Crippen molar-refractivity contribution in [2.45, 2.75) is 18.4 Å². The molecule has 0 spiro atoms. The molecule has 0 fully saturated rings. The van der Waals surface area contributed by atoms with Crippen LogP contribution < -0.4 is 4.72 Å². The number of halogens is 2. The second-order valence-electron chi connectivity index (χ2n) is 6.13. The Hall–Kier alpha value is -2.42. The number of hydrogen-bond acceptors (Lipinski definition) is 4. The van der Waals surface area contributed by atoms with E-state index in [2.05, 4.69) is 4.72 Å². The van der Waals surface area contributed by atoms with Gasteiger partial charge in [-0.2, -0.15) is 0 Å². The molecule has 0 aliphatic carbocycles. The Labute approximate surface area is 177 Å². The van der Waals surface area contributed by atoms with Crippen molar-refractivity contribution < 1.29 is 17.6 Å². The predicted molar refractivity (Wildman–Crippen MR) is 113 cm³/mol. The van der Waals surface area contributed by atoms with Gasteiger partial charge in [0.15, 0.2) is 0 Å². The molecule has 5 nitrogen and oxygen atoms in total. The van der Waals surface area contributed by atoms with Gasteiger partial charge in [-0.15, -0.1) is 11.3 Å². The van der Waals surface area contributed by atoms with Crippen molar-refractivity contribution in [3.8, 4) is 0 Å². The van der Waals surface area contributed by atoms with E-state index in [4.69, 9.17) is 11.6 Å². The molecular formula is C20H18ClFN2O3S2. The van der Waals surface area contributed by atoms with Crippen molar-refractivity contribution in [3.05, 3.63) is 81.3 Å². The average molecular weight is 453 g/mol. The number of nitrogens with one attached hydrogen (secondary N) is 1. The predicted octanol–water partition coefficient (Wildman–Crippen LogP) is 5.00. The van der Waals surface area contributed by atoms with Gasteiger partial charge in [0, 0.05) is 11.4 Å². The third kappa shape index (κ3) is 5.14. The van der Waals surface area contributed by atoms with Crippen LogP contribution in [-0.4, -0.2) is 25.8 Å². The molecule has 0 unspecified atom stereocenters. The van der Waals surface area contributed by atoms with E-state index in [1.54, 1.807) is 29.2 Å². The van der Waals surface area contributed by atoms with E-state index >= 15 is 0 Å². The fraction of sp³-hybridized carbons (Fsp3) is 0.150. The highest BCUT2D eigenvalue weighted by Crippen LogP contribution is 2.25. The SMILES string of the molecule is CCN(Cc1ccc(Cl)s1)C(=O)c1ccccc1NS(=O)(=O)c1ccc(F)cc1. The molecule has 9 heteroatoms. The third-order valence-electron chi connectivity index (χ3n) is 4.17. The normalized spacial score (nSPS) is 11.3. The molecule has 1 N–H and O–H groups in total. The summed E-state index contributed by atoms with van der Waals surface area (Å²) >= 11 is 7.35.